The van der Waals surface area contributed by atoms with Gasteiger partial charge in [0, 0.05) is 22.8 Å². The van der Waals surface area contributed by atoms with E-state index >= 15 is 0 Å². The predicted molar refractivity (Wildman–Crippen MR) is 112 cm³/mol. The van der Waals surface area contributed by atoms with Crippen molar-refractivity contribution in [2.24, 2.45) is 0 Å². The number of nitrogens with zero attached hydrogens (tertiary/aromatic N) is 2. The molecule has 2 heterocycles. The zero-order chi connectivity index (χ0) is 20.2. The molecule has 0 saturated heterocycles. The molecule has 0 unspecified atom stereocenters. The maximum Gasteiger partial charge on any atom is 0.269 e. The minimum Gasteiger partial charge on any atom is -0.454 e. The summed E-state index contributed by atoms with van der Waals surface area (Å²) < 4.78 is 12.3. The molecule has 8 nitrogen and oxygen atoms in total. The Kier molecular flexibility index (Phi) is 5.50. The van der Waals surface area contributed by atoms with Crippen LogP contribution >= 0.6 is 23.8 Å². The highest BCUT2D eigenvalue weighted by atomic mass is 35.5. The molecule has 0 saturated carbocycles. The molecule has 29 heavy (non-hydrogen) atoms. The molecule has 0 atom stereocenters. The van der Waals surface area contributed by atoms with Crippen LogP contribution in [-0.4, -0.2) is 27.6 Å². The van der Waals surface area contributed by atoms with Crippen LogP contribution in [0.4, 0.5) is 5.82 Å². The second kappa shape index (κ2) is 8.38. The van der Waals surface area contributed by atoms with Gasteiger partial charge in [0.05, 0.1) is 6.54 Å². The topological polar surface area (TPSA) is 89.4 Å². The van der Waals surface area contributed by atoms with E-state index in [9.17, 15) is 4.79 Å². The molecule has 1 amide bonds. The van der Waals surface area contributed by atoms with E-state index in [0.29, 0.717) is 34.4 Å². The van der Waals surface area contributed by atoms with Gasteiger partial charge < -0.3 is 14.8 Å². The number of hydrogen-bond donors (Lipinski definition) is 3. The number of fused-ring (bicyclic) bond motifs is 1. The maximum absolute atomic E-state index is 12.2. The molecule has 10 heteroatoms. The van der Waals surface area contributed by atoms with E-state index in [1.165, 1.54) is 0 Å². The van der Waals surface area contributed by atoms with E-state index in [-0.39, 0.29) is 17.8 Å². The average molecular weight is 430 g/mol. The summed E-state index contributed by atoms with van der Waals surface area (Å²) in [6, 6.07) is 14.3. The number of thiocarbonyl (C=S) groups is 1. The molecule has 1 aliphatic heterocycles. The lowest BCUT2D eigenvalue weighted by Gasteiger charge is -2.10. The summed E-state index contributed by atoms with van der Waals surface area (Å²) in [5, 5.41) is 8.20. The van der Waals surface area contributed by atoms with Crippen LogP contribution in [0.15, 0.2) is 54.7 Å². The first-order chi connectivity index (χ1) is 14.1. The third-order valence-corrected chi connectivity index (χ3v) is 4.52. The van der Waals surface area contributed by atoms with Crippen LogP contribution in [0.25, 0.3) is 0 Å². The normalized spacial score (nSPS) is 11.8. The second-order valence-corrected chi connectivity index (χ2v) is 6.97. The number of amides is 1. The summed E-state index contributed by atoms with van der Waals surface area (Å²) in [5.74, 6) is 1.33. The highest BCUT2D eigenvalue weighted by molar-refractivity contribution is 7.80. The van der Waals surface area contributed by atoms with Crippen molar-refractivity contribution in [2.75, 3.05) is 12.1 Å². The number of hydrogen-bond acceptors (Lipinski definition) is 5. The van der Waals surface area contributed by atoms with Crippen molar-refractivity contribution in [2.45, 2.75) is 6.54 Å². The Morgan fingerprint density at radius 1 is 1.10 bits per heavy atom. The zero-order valence-electron chi connectivity index (χ0n) is 15.0. The van der Waals surface area contributed by atoms with E-state index in [2.05, 4.69) is 21.3 Å². The number of ether oxygens (including phenoxy) is 2. The lowest BCUT2D eigenvalue weighted by atomic mass is 10.2. The monoisotopic (exact) mass is 429 g/mol. The van der Waals surface area contributed by atoms with E-state index in [0.717, 1.165) is 5.56 Å². The third kappa shape index (κ3) is 4.76. The number of anilines is 1. The highest BCUT2D eigenvalue weighted by Gasteiger charge is 2.16. The molecule has 148 valence electrons. The van der Waals surface area contributed by atoms with Crippen LogP contribution in [-0.2, 0) is 6.54 Å². The van der Waals surface area contributed by atoms with Gasteiger partial charge in [-0.3, -0.25) is 20.3 Å². The van der Waals surface area contributed by atoms with Crippen molar-refractivity contribution in [3.8, 4) is 11.5 Å². The number of rotatable bonds is 4. The number of nitrogens with one attached hydrogen (secondary N) is 3. The Bertz CT molecular complexity index is 1050. The number of carbonyl (C=O) groups is 1. The SMILES string of the molecule is O=C(NNC(=S)Nc1ccn(Cc2ccc(Cl)cc2)n1)c1ccc2c(c1)OCO2. The Morgan fingerprint density at radius 2 is 1.90 bits per heavy atom. The molecule has 0 radical (unpaired) electrons. The maximum atomic E-state index is 12.2. The first-order valence-electron chi connectivity index (χ1n) is 8.62. The van der Waals surface area contributed by atoms with Crippen molar-refractivity contribution in [3.05, 3.63) is 70.9 Å². The van der Waals surface area contributed by atoms with Crippen molar-refractivity contribution < 1.29 is 14.3 Å². The van der Waals surface area contributed by atoms with Gasteiger partial charge in [-0.2, -0.15) is 5.10 Å². The molecular weight excluding hydrogens is 414 g/mol. The molecule has 3 aromatic rings. The van der Waals surface area contributed by atoms with Gasteiger partial charge in [0.1, 0.15) is 0 Å². The van der Waals surface area contributed by atoms with Crippen LogP contribution in [0, 0.1) is 0 Å². The summed E-state index contributed by atoms with van der Waals surface area (Å²) in [6.45, 7) is 0.747. The number of hydrazine groups is 1. The lowest BCUT2D eigenvalue weighted by molar-refractivity contribution is 0.0943. The molecule has 0 bridgehead atoms. The van der Waals surface area contributed by atoms with Gasteiger partial charge in [0.25, 0.3) is 5.91 Å². The van der Waals surface area contributed by atoms with Gasteiger partial charge >= 0.3 is 0 Å². The summed E-state index contributed by atoms with van der Waals surface area (Å²) >= 11 is 11.1. The highest BCUT2D eigenvalue weighted by Crippen LogP contribution is 2.32. The number of aromatic nitrogens is 2. The molecule has 0 fully saturated rings. The standard InChI is InChI=1S/C19H16ClN5O3S/c20-14-4-1-12(2-5-14)10-25-8-7-17(24-25)21-19(29)23-22-18(26)13-3-6-15-16(9-13)28-11-27-15/h1-9H,10-11H2,(H,22,26)(H2,21,23,24,29). The first-order valence-corrected chi connectivity index (χ1v) is 9.40. The quantitative estimate of drug-likeness (QED) is 0.434. The van der Waals surface area contributed by atoms with Gasteiger partial charge in [-0.25, -0.2) is 0 Å². The molecule has 1 aromatic heterocycles. The van der Waals surface area contributed by atoms with Crippen molar-refractivity contribution in [1.82, 2.24) is 20.6 Å². The smallest absolute Gasteiger partial charge is 0.269 e. The van der Waals surface area contributed by atoms with Crippen molar-refractivity contribution >= 4 is 40.7 Å². The van der Waals surface area contributed by atoms with Crippen molar-refractivity contribution in [1.29, 1.82) is 0 Å². The van der Waals surface area contributed by atoms with Gasteiger partial charge in [-0.05, 0) is 48.1 Å². The third-order valence-electron chi connectivity index (χ3n) is 4.06. The molecule has 2 aromatic carbocycles. The minimum absolute atomic E-state index is 0.150. The number of halogens is 1. The van der Waals surface area contributed by atoms with E-state index in [1.54, 1.807) is 28.9 Å². The molecule has 4 rings (SSSR count). The van der Waals surface area contributed by atoms with Crippen LogP contribution in [0.2, 0.25) is 5.02 Å². The van der Waals surface area contributed by atoms with Crippen LogP contribution in [0.3, 0.4) is 0 Å². The van der Waals surface area contributed by atoms with Crippen LogP contribution < -0.4 is 25.6 Å². The van der Waals surface area contributed by atoms with Crippen LogP contribution in [0.5, 0.6) is 11.5 Å². The second-order valence-electron chi connectivity index (χ2n) is 6.13. The molecule has 3 N–H and O–H groups in total. The average Bonchev–Trinajstić information content (AvgIpc) is 3.36. The van der Waals surface area contributed by atoms with E-state index in [4.69, 9.17) is 33.3 Å². The Morgan fingerprint density at radius 3 is 2.72 bits per heavy atom. The Balaban J connectivity index is 1.28. The fourth-order valence-corrected chi connectivity index (χ4v) is 2.95. The molecular formula is C19H16ClN5O3S. The molecule has 1 aliphatic rings. The summed E-state index contributed by atoms with van der Waals surface area (Å²) in [4.78, 5) is 12.2. The van der Waals surface area contributed by atoms with Gasteiger partial charge in [0.2, 0.25) is 6.79 Å². The minimum atomic E-state index is -0.360. The van der Waals surface area contributed by atoms with Gasteiger partial charge in [0.15, 0.2) is 22.4 Å². The summed E-state index contributed by atoms with van der Waals surface area (Å²) in [6.07, 6.45) is 1.82. The zero-order valence-corrected chi connectivity index (χ0v) is 16.6. The van der Waals surface area contributed by atoms with Gasteiger partial charge in [-0.15, -0.1) is 0 Å². The van der Waals surface area contributed by atoms with Crippen molar-refractivity contribution in [3.63, 3.8) is 0 Å². The molecule has 0 spiro atoms. The Labute approximate surface area is 176 Å². The fourth-order valence-electron chi connectivity index (χ4n) is 2.66. The first kappa shape index (κ1) is 19.0. The predicted octanol–water partition coefficient (Wildman–Crippen LogP) is 2.94. The largest absolute Gasteiger partial charge is 0.454 e. The summed E-state index contributed by atoms with van der Waals surface area (Å²) in [5.41, 5.74) is 6.66. The number of benzene rings is 2. The van der Waals surface area contributed by atoms with Crippen LogP contribution in [0.1, 0.15) is 15.9 Å². The fraction of sp³-hybridized carbons (Fsp3) is 0.105. The summed E-state index contributed by atoms with van der Waals surface area (Å²) in [7, 11) is 0. The van der Waals surface area contributed by atoms with E-state index in [1.807, 2.05) is 30.5 Å². The Hall–Kier alpha value is -3.30. The number of carbonyl (C=O) groups excluding carboxylic acids is 1. The molecule has 0 aliphatic carbocycles. The lowest BCUT2D eigenvalue weighted by Crippen LogP contribution is -2.43. The van der Waals surface area contributed by atoms with Gasteiger partial charge in [-0.1, -0.05) is 23.7 Å². The van der Waals surface area contributed by atoms with E-state index < -0.39 is 0 Å².